The van der Waals surface area contributed by atoms with Gasteiger partial charge < -0.3 is 9.88 Å². The van der Waals surface area contributed by atoms with Gasteiger partial charge in [-0.1, -0.05) is 0 Å². The Morgan fingerprint density at radius 1 is 1.17 bits per heavy atom. The number of nitrogens with one attached hydrogen (secondary N) is 1. The summed E-state index contributed by atoms with van der Waals surface area (Å²) in [7, 11) is 0. The van der Waals surface area contributed by atoms with Crippen molar-refractivity contribution in [2.45, 2.75) is 26.9 Å². The highest BCUT2D eigenvalue weighted by Crippen LogP contribution is 2.18. The first-order valence-corrected chi connectivity index (χ1v) is 7.62. The molecule has 0 fully saturated rings. The van der Waals surface area contributed by atoms with Crippen molar-refractivity contribution in [3.8, 4) is 5.69 Å². The van der Waals surface area contributed by atoms with Gasteiger partial charge in [0.25, 0.3) is 0 Å². The Labute approximate surface area is 146 Å². The predicted molar refractivity (Wildman–Crippen MR) is 94.2 cm³/mol. The number of benzene rings is 1. The van der Waals surface area contributed by atoms with Gasteiger partial charge in [0, 0.05) is 43.3 Å². The van der Waals surface area contributed by atoms with Crippen LogP contribution in [0.25, 0.3) is 5.69 Å². The average Bonchev–Trinajstić information content (AvgIpc) is 3.15. The first-order chi connectivity index (χ1) is 11.1. The summed E-state index contributed by atoms with van der Waals surface area (Å²) in [5, 5.41) is 8.01. The summed E-state index contributed by atoms with van der Waals surface area (Å²) in [6.07, 6.45) is 5.54. The number of hydrogen-bond acceptors (Lipinski definition) is 3. The second-order valence-electron chi connectivity index (χ2n) is 5.51. The van der Waals surface area contributed by atoms with Crippen molar-refractivity contribution >= 4 is 12.4 Å². The van der Waals surface area contributed by atoms with E-state index >= 15 is 0 Å². The molecule has 0 bridgehead atoms. The summed E-state index contributed by atoms with van der Waals surface area (Å²) in [6, 6.07) is 6.39. The van der Waals surface area contributed by atoms with E-state index in [9.17, 15) is 4.39 Å². The molecule has 0 spiro atoms. The Morgan fingerprint density at radius 3 is 2.58 bits per heavy atom. The smallest absolute Gasteiger partial charge is 0.123 e. The molecule has 0 atom stereocenters. The molecule has 0 saturated heterocycles. The predicted octanol–water partition coefficient (Wildman–Crippen LogP) is 3.04. The van der Waals surface area contributed by atoms with E-state index < -0.39 is 0 Å². The van der Waals surface area contributed by atoms with E-state index in [1.54, 1.807) is 18.3 Å². The fourth-order valence-corrected chi connectivity index (χ4v) is 2.61. The second kappa shape index (κ2) is 8.08. The Balaban J connectivity index is 0.00000208. The summed E-state index contributed by atoms with van der Waals surface area (Å²) >= 11 is 0. The Kier molecular flexibility index (Phi) is 6.11. The standard InChI is InChI=1S/C17H20FN5.ClH/c1-13-17(11-19-7-9-22-10-8-20-12-22)14(2)23(21-13)16-5-3-15(18)4-6-16;/h3-6,8,10,12,19H,7,9,11H2,1-2H3;1H. The van der Waals surface area contributed by atoms with Gasteiger partial charge >= 0.3 is 0 Å². The lowest BCUT2D eigenvalue weighted by Gasteiger charge is -2.07. The fourth-order valence-electron chi connectivity index (χ4n) is 2.61. The monoisotopic (exact) mass is 349 g/mol. The zero-order valence-electron chi connectivity index (χ0n) is 13.7. The molecule has 1 aromatic carbocycles. The molecule has 5 nitrogen and oxygen atoms in total. The molecule has 0 saturated carbocycles. The largest absolute Gasteiger partial charge is 0.336 e. The van der Waals surface area contributed by atoms with Crippen LogP contribution in [0.15, 0.2) is 43.0 Å². The van der Waals surface area contributed by atoms with E-state index in [-0.39, 0.29) is 18.2 Å². The third-order valence-electron chi connectivity index (χ3n) is 3.92. The SMILES string of the molecule is Cc1nn(-c2ccc(F)cc2)c(C)c1CNCCn1ccnc1.Cl. The van der Waals surface area contributed by atoms with Crippen molar-refractivity contribution in [2.75, 3.05) is 6.54 Å². The van der Waals surface area contributed by atoms with Crippen molar-refractivity contribution in [2.24, 2.45) is 0 Å². The molecule has 1 N–H and O–H groups in total. The first-order valence-electron chi connectivity index (χ1n) is 7.62. The van der Waals surface area contributed by atoms with Gasteiger partial charge in [0.2, 0.25) is 0 Å². The number of rotatable bonds is 6. The average molecular weight is 350 g/mol. The number of nitrogens with zero attached hydrogens (tertiary/aromatic N) is 4. The molecule has 0 radical (unpaired) electrons. The third-order valence-corrected chi connectivity index (χ3v) is 3.92. The molecule has 3 aromatic rings. The van der Waals surface area contributed by atoms with Crippen LogP contribution >= 0.6 is 12.4 Å². The minimum Gasteiger partial charge on any atom is -0.336 e. The summed E-state index contributed by atoms with van der Waals surface area (Å²) in [5.74, 6) is -0.239. The van der Waals surface area contributed by atoms with Gasteiger partial charge in [0.15, 0.2) is 0 Å². The minimum absolute atomic E-state index is 0. The topological polar surface area (TPSA) is 47.7 Å². The van der Waals surface area contributed by atoms with Crippen LogP contribution in [-0.4, -0.2) is 25.9 Å². The molecule has 0 amide bonds. The van der Waals surface area contributed by atoms with Crippen LogP contribution in [0.5, 0.6) is 0 Å². The third kappa shape index (κ3) is 4.01. The van der Waals surface area contributed by atoms with Crippen LogP contribution in [0.1, 0.15) is 17.0 Å². The molecule has 0 aliphatic heterocycles. The fraction of sp³-hybridized carbons (Fsp3) is 0.294. The summed E-state index contributed by atoms with van der Waals surface area (Å²) in [5.41, 5.74) is 4.11. The van der Waals surface area contributed by atoms with E-state index in [1.807, 2.05) is 35.6 Å². The van der Waals surface area contributed by atoms with Gasteiger partial charge in [-0.3, -0.25) is 0 Å². The van der Waals surface area contributed by atoms with Gasteiger partial charge in [-0.25, -0.2) is 14.1 Å². The van der Waals surface area contributed by atoms with Crippen LogP contribution in [0.3, 0.4) is 0 Å². The van der Waals surface area contributed by atoms with Crippen LogP contribution < -0.4 is 5.32 Å². The maximum atomic E-state index is 13.1. The van der Waals surface area contributed by atoms with E-state index in [2.05, 4.69) is 15.4 Å². The number of halogens is 2. The number of hydrogen-bond donors (Lipinski definition) is 1. The second-order valence-corrected chi connectivity index (χ2v) is 5.51. The van der Waals surface area contributed by atoms with Crippen LogP contribution in [0, 0.1) is 19.7 Å². The highest BCUT2D eigenvalue weighted by Gasteiger charge is 2.12. The summed E-state index contributed by atoms with van der Waals surface area (Å²) in [4.78, 5) is 4.03. The molecular formula is C17H21ClFN5. The molecule has 2 heterocycles. The van der Waals surface area contributed by atoms with Crippen molar-refractivity contribution < 1.29 is 4.39 Å². The summed E-state index contributed by atoms with van der Waals surface area (Å²) in [6.45, 7) is 6.53. The molecule has 0 aliphatic rings. The van der Waals surface area contributed by atoms with Gasteiger partial charge in [-0.2, -0.15) is 5.10 Å². The Bertz CT molecular complexity index is 765. The maximum absolute atomic E-state index is 13.1. The van der Waals surface area contributed by atoms with E-state index in [0.717, 1.165) is 36.7 Å². The molecular weight excluding hydrogens is 329 g/mol. The highest BCUT2D eigenvalue weighted by molar-refractivity contribution is 5.85. The maximum Gasteiger partial charge on any atom is 0.123 e. The quantitative estimate of drug-likeness (QED) is 0.696. The van der Waals surface area contributed by atoms with Crippen LogP contribution in [0.2, 0.25) is 0 Å². The van der Waals surface area contributed by atoms with Gasteiger partial charge in [-0.05, 0) is 38.1 Å². The molecule has 24 heavy (non-hydrogen) atoms. The molecule has 3 rings (SSSR count). The number of imidazole rings is 1. The molecule has 128 valence electrons. The Morgan fingerprint density at radius 2 is 1.92 bits per heavy atom. The van der Waals surface area contributed by atoms with Crippen LogP contribution in [0.4, 0.5) is 4.39 Å². The first kappa shape index (κ1) is 18.2. The minimum atomic E-state index is -0.239. The number of aryl methyl sites for hydroxylation is 1. The van der Waals surface area contributed by atoms with Crippen molar-refractivity contribution in [1.82, 2.24) is 24.6 Å². The lowest BCUT2D eigenvalue weighted by atomic mass is 10.2. The molecule has 0 aliphatic carbocycles. The molecule has 7 heteroatoms. The van der Waals surface area contributed by atoms with E-state index in [4.69, 9.17) is 0 Å². The van der Waals surface area contributed by atoms with Crippen molar-refractivity contribution in [3.05, 3.63) is 65.8 Å². The lowest BCUT2D eigenvalue weighted by molar-refractivity contribution is 0.595. The van der Waals surface area contributed by atoms with Crippen molar-refractivity contribution in [3.63, 3.8) is 0 Å². The van der Waals surface area contributed by atoms with Gasteiger partial charge in [0.05, 0.1) is 17.7 Å². The normalized spacial score (nSPS) is 10.6. The molecule has 0 unspecified atom stereocenters. The van der Waals surface area contributed by atoms with Crippen molar-refractivity contribution in [1.29, 1.82) is 0 Å². The Hall–Kier alpha value is -2.18. The lowest BCUT2D eigenvalue weighted by Crippen LogP contribution is -2.19. The van der Waals surface area contributed by atoms with E-state index in [1.165, 1.54) is 17.7 Å². The zero-order chi connectivity index (χ0) is 16.2. The van der Waals surface area contributed by atoms with Crippen LogP contribution in [-0.2, 0) is 13.1 Å². The summed E-state index contributed by atoms with van der Waals surface area (Å²) < 4.78 is 17.0. The van der Waals surface area contributed by atoms with Gasteiger partial charge in [0.1, 0.15) is 5.82 Å². The number of aromatic nitrogens is 4. The van der Waals surface area contributed by atoms with E-state index in [0.29, 0.717) is 0 Å². The van der Waals surface area contributed by atoms with Gasteiger partial charge in [-0.15, -0.1) is 12.4 Å². The zero-order valence-corrected chi connectivity index (χ0v) is 14.6. The highest BCUT2D eigenvalue weighted by atomic mass is 35.5. The molecule has 2 aromatic heterocycles.